The third kappa shape index (κ3) is 1.44. The third-order valence-electron chi connectivity index (χ3n) is 3.76. The van der Waals surface area contributed by atoms with Crippen molar-refractivity contribution in [3.8, 4) is 0 Å². The van der Waals surface area contributed by atoms with Gasteiger partial charge in [0.2, 0.25) is 0 Å². The van der Waals surface area contributed by atoms with E-state index in [2.05, 4.69) is 63.2 Å². The molecule has 0 aliphatic heterocycles. The van der Waals surface area contributed by atoms with E-state index >= 15 is 0 Å². The molecular weight excluding hydrogens is 204 g/mol. The van der Waals surface area contributed by atoms with Gasteiger partial charge in [0, 0.05) is 0 Å². The summed E-state index contributed by atoms with van der Waals surface area (Å²) >= 11 is 0. The summed E-state index contributed by atoms with van der Waals surface area (Å²) in [7, 11) is 0. The maximum absolute atomic E-state index is 2.30. The summed E-state index contributed by atoms with van der Waals surface area (Å²) < 4.78 is 0. The summed E-state index contributed by atoms with van der Waals surface area (Å²) in [5.74, 6) is 0. The predicted molar refractivity (Wildman–Crippen MR) is 75.7 cm³/mol. The Kier molecular flexibility index (Phi) is 2.19. The Labute approximate surface area is 102 Å². The molecule has 0 saturated carbocycles. The lowest BCUT2D eigenvalue weighted by Gasteiger charge is -2.12. The van der Waals surface area contributed by atoms with Crippen LogP contribution in [0.5, 0.6) is 0 Å². The zero-order chi connectivity index (χ0) is 12.0. The summed E-state index contributed by atoms with van der Waals surface area (Å²) in [6.45, 7) is 6.60. The van der Waals surface area contributed by atoms with Gasteiger partial charge in [-0.15, -0.1) is 0 Å². The Hall–Kier alpha value is -1.82. The fraction of sp³-hybridized carbons (Fsp3) is 0.176. The lowest BCUT2D eigenvalue weighted by atomic mass is 9.92. The van der Waals surface area contributed by atoms with E-state index in [0.717, 1.165) is 0 Å². The maximum atomic E-state index is 2.30. The largest absolute Gasteiger partial charge is 0.0616 e. The summed E-state index contributed by atoms with van der Waals surface area (Å²) in [6.07, 6.45) is 0. The monoisotopic (exact) mass is 220 g/mol. The van der Waals surface area contributed by atoms with E-state index in [1.54, 1.807) is 0 Å². The highest BCUT2D eigenvalue weighted by molar-refractivity contribution is 6.10. The van der Waals surface area contributed by atoms with Crippen molar-refractivity contribution in [2.75, 3.05) is 0 Å². The van der Waals surface area contributed by atoms with Crippen molar-refractivity contribution in [1.29, 1.82) is 0 Å². The van der Waals surface area contributed by atoms with Gasteiger partial charge in [-0.2, -0.15) is 0 Å². The zero-order valence-electron chi connectivity index (χ0n) is 10.5. The minimum atomic E-state index is 1.32. The van der Waals surface area contributed by atoms with Crippen molar-refractivity contribution >= 4 is 21.5 Å². The molecule has 0 aliphatic carbocycles. The molecule has 84 valence electrons. The van der Waals surface area contributed by atoms with Crippen LogP contribution in [-0.4, -0.2) is 0 Å². The van der Waals surface area contributed by atoms with Crippen LogP contribution in [0.25, 0.3) is 21.5 Å². The molecule has 17 heavy (non-hydrogen) atoms. The highest BCUT2D eigenvalue weighted by Crippen LogP contribution is 2.32. The smallest absolute Gasteiger partial charge is 0.00999 e. The molecule has 0 N–H and O–H groups in total. The van der Waals surface area contributed by atoms with Crippen LogP contribution in [0.2, 0.25) is 0 Å². The van der Waals surface area contributed by atoms with Crippen molar-refractivity contribution in [2.24, 2.45) is 0 Å². The predicted octanol–water partition coefficient (Wildman–Crippen LogP) is 4.92. The standard InChI is InChI=1S/C17H16/c1-11-8-9-15-13(3)12(2)14-6-4-5-7-16(14)17(15)10-11/h4-10H,1-3H3. The number of hydrogen-bond donors (Lipinski definition) is 0. The molecule has 0 amide bonds. The highest BCUT2D eigenvalue weighted by atomic mass is 14.1. The van der Waals surface area contributed by atoms with E-state index in [1.807, 2.05) is 0 Å². The van der Waals surface area contributed by atoms with E-state index in [-0.39, 0.29) is 0 Å². The molecule has 0 heterocycles. The molecule has 3 aromatic carbocycles. The second-order valence-electron chi connectivity index (χ2n) is 4.84. The lowest BCUT2D eigenvalue weighted by molar-refractivity contribution is 1.41. The number of benzene rings is 3. The quantitative estimate of drug-likeness (QED) is 0.472. The fourth-order valence-corrected chi connectivity index (χ4v) is 2.66. The van der Waals surface area contributed by atoms with E-state index < -0.39 is 0 Å². The molecule has 0 bridgehead atoms. The molecule has 0 unspecified atom stereocenters. The van der Waals surface area contributed by atoms with E-state index in [9.17, 15) is 0 Å². The first-order valence-electron chi connectivity index (χ1n) is 6.07. The first-order chi connectivity index (χ1) is 8.18. The molecule has 0 atom stereocenters. The molecule has 0 aromatic heterocycles. The molecule has 3 rings (SSSR count). The first kappa shape index (κ1) is 10.3. The molecular formula is C17H16. The molecule has 0 spiro atoms. The maximum Gasteiger partial charge on any atom is -0.00999 e. The third-order valence-corrected chi connectivity index (χ3v) is 3.76. The van der Waals surface area contributed by atoms with E-state index in [4.69, 9.17) is 0 Å². The van der Waals surface area contributed by atoms with E-state index in [0.29, 0.717) is 0 Å². The van der Waals surface area contributed by atoms with Crippen LogP contribution in [0.1, 0.15) is 16.7 Å². The van der Waals surface area contributed by atoms with Crippen LogP contribution in [0, 0.1) is 20.8 Å². The van der Waals surface area contributed by atoms with Gasteiger partial charge in [-0.1, -0.05) is 48.0 Å². The van der Waals surface area contributed by atoms with Crippen molar-refractivity contribution < 1.29 is 0 Å². The van der Waals surface area contributed by atoms with Crippen molar-refractivity contribution in [1.82, 2.24) is 0 Å². The van der Waals surface area contributed by atoms with Gasteiger partial charge in [0.05, 0.1) is 0 Å². The molecule has 0 aliphatic rings. The van der Waals surface area contributed by atoms with Gasteiger partial charge in [0.25, 0.3) is 0 Å². The second kappa shape index (κ2) is 3.59. The number of hydrogen-bond acceptors (Lipinski definition) is 0. The Morgan fingerprint density at radius 3 is 1.88 bits per heavy atom. The average molecular weight is 220 g/mol. The summed E-state index contributed by atoms with van der Waals surface area (Å²) in [5, 5.41) is 5.51. The SMILES string of the molecule is Cc1ccc2c(C)c(C)c3ccccc3c2c1. The van der Waals surface area contributed by atoms with Crippen molar-refractivity contribution in [3.05, 3.63) is 59.2 Å². The van der Waals surface area contributed by atoms with Gasteiger partial charge in [-0.25, -0.2) is 0 Å². The second-order valence-corrected chi connectivity index (χ2v) is 4.84. The molecule has 0 radical (unpaired) electrons. The van der Waals surface area contributed by atoms with Crippen LogP contribution in [0.4, 0.5) is 0 Å². The van der Waals surface area contributed by atoms with Gasteiger partial charge in [-0.3, -0.25) is 0 Å². The first-order valence-corrected chi connectivity index (χ1v) is 6.07. The normalized spacial score (nSPS) is 11.2. The van der Waals surface area contributed by atoms with Crippen LogP contribution >= 0.6 is 0 Å². The Morgan fingerprint density at radius 2 is 1.18 bits per heavy atom. The summed E-state index contributed by atoms with van der Waals surface area (Å²) in [6, 6.07) is 15.4. The van der Waals surface area contributed by atoms with Gasteiger partial charge in [0.15, 0.2) is 0 Å². The molecule has 0 fully saturated rings. The van der Waals surface area contributed by atoms with Crippen molar-refractivity contribution in [3.63, 3.8) is 0 Å². The molecule has 0 nitrogen and oxygen atoms in total. The summed E-state index contributed by atoms with van der Waals surface area (Å²) in [4.78, 5) is 0. The molecule has 3 aromatic rings. The van der Waals surface area contributed by atoms with Crippen LogP contribution in [0.15, 0.2) is 42.5 Å². The molecule has 0 saturated heterocycles. The Bertz CT molecular complexity index is 721. The van der Waals surface area contributed by atoms with Crippen LogP contribution in [0.3, 0.4) is 0 Å². The van der Waals surface area contributed by atoms with Crippen molar-refractivity contribution in [2.45, 2.75) is 20.8 Å². The van der Waals surface area contributed by atoms with Gasteiger partial charge in [-0.05, 0) is 53.4 Å². The average Bonchev–Trinajstić information content (AvgIpc) is 2.36. The van der Waals surface area contributed by atoms with Crippen LogP contribution < -0.4 is 0 Å². The number of aryl methyl sites for hydroxylation is 3. The van der Waals surface area contributed by atoms with Gasteiger partial charge < -0.3 is 0 Å². The fourth-order valence-electron chi connectivity index (χ4n) is 2.66. The van der Waals surface area contributed by atoms with Gasteiger partial charge >= 0.3 is 0 Å². The highest BCUT2D eigenvalue weighted by Gasteiger charge is 2.07. The summed E-state index contributed by atoms with van der Waals surface area (Å²) in [5.41, 5.74) is 4.13. The van der Waals surface area contributed by atoms with Gasteiger partial charge in [0.1, 0.15) is 0 Å². The number of fused-ring (bicyclic) bond motifs is 3. The Balaban J connectivity index is 2.66. The van der Waals surface area contributed by atoms with Crippen LogP contribution in [-0.2, 0) is 0 Å². The minimum absolute atomic E-state index is 1.32. The lowest BCUT2D eigenvalue weighted by Crippen LogP contribution is -1.88. The topological polar surface area (TPSA) is 0 Å². The number of rotatable bonds is 0. The van der Waals surface area contributed by atoms with E-state index in [1.165, 1.54) is 38.2 Å². The zero-order valence-corrected chi connectivity index (χ0v) is 10.5. The minimum Gasteiger partial charge on any atom is -0.0616 e. The Morgan fingerprint density at radius 1 is 0.588 bits per heavy atom. The molecule has 0 heteroatoms.